The van der Waals surface area contributed by atoms with Crippen molar-refractivity contribution >= 4 is 11.9 Å². The average molecular weight is 257 g/mol. The summed E-state index contributed by atoms with van der Waals surface area (Å²) in [5.41, 5.74) is 0. The summed E-state index contributed by atoms with van der Waals surface area (Å²) in [6.07, 6.45) is 9.82. The van der Waals surface area contributed by atoms with Crippen LogP contribution >= 0.6 is 0 Å². The van der Waals surface area contributed by atoms with E-state index in [0.717, 1.165) is 12.8 Å². The second kappa shape index (κ2) is 12.6. The molecule has 0 unspecified atom stereocenters. The lowest BCUT2D eigenvalue weighted by atomic mass is 10.1. The number of hydrogen-bond donors (Lipinski definition) is 1. The molecule has 0 aromatic rings. The van der Waals surface area contributed by atoms with Crippen molar-refractivity contribution in [2.75, 3.05) is 13.6 Å². The van der Waals surface area contributed by atoms with E-state index in [1.807, 2.05) is 0 Å². The van der Waals surface area contributed by atoms with Crippen molar-refractivity contribution < 1.29 is 14.3 Å². The highest BCUT2D eigenvalue weighted by Gasteiger charge is 2.08. The molecule has 0 atom stereocenters. The van der Waals surface area contributed by atoms with Crippen LogP contribution in [-0.4, -0.2) is 25.5 Å². The maximum absolute atomic E-state index is 11.2. The Morgan fingerprint density at radius 2 is 1.44 bits per heavy atom. The largest absolute Gasteiger partial charge is 0.392 e. The number of ether oxygens (including phenoxy) is 1. The van der Waals surface area contributed by atoms with Gasteiger partial charge in [-0.15, -0.1) is 0 Å². The van der Waals surface area contributed by atoms with E-state index in [1.54, 1.807) is 7.05 Å². The average Bonchev–Trinajstić information content (AvgIpc) is 2.32. The third-order valence-corrected chi connectivity index (χ3v) is 2.78. The molecular formula is C14H27NO3. The van der Waals surface area contributed by atoms with Crippen molar-refractivity contribution in [3.05, 3.63) is 0 Å². The molecule has 0 aliphatic carbocycles. The summed E-state index contributed by atoms with van der Waals surface area (Å²) in [4.78, 5) is 22.2. The van der Waals surface area contributed by atoms with Crippen LogP contribution in [0.1, 0.15) is 64.7 Å². The molecule has 0 fully saturated rings. The van der Waals surface area contributed by atoms with Gasteiger partial charge in [-0.05, 0) is 13.5 Å². The number of nitrogens with one attached hydrogen (secondary N) is 1. The van der Waals surface area contributed by atoms with Gasteiger partial charge < -0.3 is 10.1 Å². The van der Waals surface area contributed by atoms with Crippen LogP contribution in [0.4, 0.5) is 0 Å². The van der Waals surface area contributed by atoms with Crippen LogP contribution in [0, 0.1) is 0 Å². The highest BCUT2D eigenvalue weighted by Crippen LogP contribution is 2.09. The van der Waals surface area contributed by atoms with Gasteiger partial charge in [-0.25, -0.2) is 0 Å². The van der Waals surface area contributed by atoms with Gasteiger partial charge in [0.1, 0.15) is 0 Å². The molecule has 0 bridgehead atoms. The summed E-state index contributed by atoms with van der Waals surface area (Å²) >= 11 is 0. The summed E-state index contributed by atoms with van der Waals surface area (Å²) < 4.78 is 4.61. The van der Waals surface area contributed by atoms with Crippen molar-refractivity contribution in [1.82, 2.24) is 5.32 Å². The zero-order valence-corrected chi connectivity index (χ0v) is 11.8. The molecule has 4 nitrogen and oxygen atoms in total. The minimum Gasteiger partial charge on any atom is -0.392 e. The number of rotatable bonds is 11. The van der Waals surface area contributed by atoms with Crippen molar-refractivity contribution in [3.63, 3.8) is 0 Å². The second-order valence-electron chi connectivity index (χ2n) is 4.60. The van der Waals surface area contributed by atoms with Crippen LogP contribution in [0.15, 0.2) is 0 Å². The van der Waals surface area contributed by atoms with Crippen LogP contribution in [0.2, 0.25) is 0 Å². The molecule has 0 amide bonds. The smallest absolute Gasteiger partial charge is 0.327 e. The first kappa shape index (κ1) is 17.1. The number of carbonyl (C=O) groups excluding carboxylic acids is 2. The maximum Gasteiger partial charge on any atom is 0.327 e. The fourth-order valence-electron chi connectivity index (χ4n) is 1.76. The molecule has 0 aliphatic rings. The van der Waals surface area contributed by atoms with Gasteiger partial charge in [-0.2, -0.15) is 0 Å². The first-order valence-electron chi connectivity index (χ1n) is 7.08. The number of unbranched alkanes of at least 4 members (excludes halogenated alkanes) is 7. The molecule has 0 radical (unpaired) electrons. The Kier molecular flexibility index (Phi) is 11.9. The summed E-state index contributed by atoms with van der Waals surface area (Å²) in [6.45, 7) is 2.30. The predicted molar refractivity (Wildman–Crippen MR) is 72.3 cm³/mol. The van der Waals surface area contributed by atoms with E-state index in [1.165, 1.54) is 38.5 Å². The standard InChI is InChI=1S/C14H27NO3/c1-3-4-5-6-7-8-9-10-11-13(16)18-14(17)12-15-2/h15H,3-12H2,1-2H3. The summed E-state index contributed by atoms with van der Waals surface area (Å²) in [5.74, 6) is -0.900. The van der Waals surface area contributed by atoms with Crippen LogP contribution in [0.3, 0.4) is 0 Å². The van der Waals surface area contributed by atoms with E-state index < -0.39 is 11.9 Å². The Balaban J connectivity index is 3.27. The van der Waals surface area contributed by atoms with Gasteiger partial charge in [0.25, 0.3) is 0 Å². The summed E-state index contributed by atoms with van der Waals surface area (Å²) in [6, 6.07) is 0. The maximum atomic E-state index is 11.2. The lowest BCUT2D eigenvalue weighted by Gasteiger charge is -2.03. The molecule has 0 aromatic carbocycles. The quantitative estimate of drug-likeness (QED) is 0.351. The van der Waals surface area contributed by atoms with Crippen LogP contribution in [0.25, 0.3) is 0 Å². The highest BCUT2D eigenvalue weighted by molar-refractivity contribution is 5.86. The van der Waals surface area contributed by atoms with Crippen molar-refractivity contribution in [1.29, 1.82) is 0 Å². The topological polar surface area (TPSA) is 55.4 Å². The van der Waals surface area contributed by atoms with Gasteiger partial charge in [0.05, 0.1) is 6.54 Å². The molecule has 0 heterocycles. The minimum atomic E-state index is -0.498. The van der Waals surface area contributed by atoms with Gasteiger partial charge in [-0.1, -0.05) is 51.9 Å². The van der Waals surface area contributed by atoms with Crippen LogP contribution < -0.4 is 5.32 Å². The van der Waals surface area contributed by atoms with Crippen molar-refractivity contribution in [2.45, 2.75) is 64.7 Å². The molecule has 0 aromatic heterocycles. The van der Waals surface area contributed by atoms with Crippen molar-refractivity contribution in [2.24, 2.45) is 0 Å². The summed E-state index contributed by atoms with van der Waals surface area (Å²) in [5, 5.41) is 2.65. The molecule has 18 heavy (non-hydrogen) atoms. The molecule has 106 valence electrons. The van der Waals surface area contributed by atoms with Gasteiger partial charge in [0, 0.05) is 6.42 Å². The number of carbonyl (C=O) groups is 2. The lowest BCUT2D eigenvalue weighted by molar-refractivity contribution is -0.158. The molecule has 0 spiro atoms. The van der Waals surface area contributed by atoms with E-state index in [2.05, 4.69) is 17.0 Å². The Morgan fingerprint density at radius 1 is 0.889 bits per heavy atom. The fraction of sp³-hybridized carbons (Fsp3) is 0.857. The molecule has 0 saturated heterocycles. The minimum absolute atomic E-state index is 0.0865. The fourth-order valence-corrected chi connectivity index (χ4v) is 1.76. The van der Waals surface area contributed by atoms with Gasteiger partial charge in [-0.3, -0.25) is 9.59 Å². The third kappa shape index (κ3) is 11.6. The Bertz CT molecular complexity index is 229. The molecule has 0 saturated carbocycles. The van der Waals surface area contributed by atoms with E-state index in [4.69, 9.17) is 0 Å². The zero-order valence-electron chi connectivity index (χ0n) is 11.8. The summed E-state index contributed by atoms with van der Waals surface area (Å²) in [7, 11) is 1.64. The van der Waals surface area contributed by atoms with Crippen LogP contribution in [0.5, 0.6) is 0 Å². The molecule has 0 aliphatic heterocycles. The Morgan fingerprint density at radius 3 is 2.00 bits per heavy atom. The lowest BCUT2D eigenvalue weighted by Crippen LogP contribution is -2.23. The zero-order chi connectivity index (χ0) is 13.6. The monoisotopic (exact) mass is 257 g/mol. The highest BCUT2D eigenvalue weighted by atomic mass is 16.6. The number of esters is 2. The first-order chi connectivity index (χ1) is 8.70. The Labute approximate surface area is 110 Å². The van der Waals surface area contributed by atoms with Crippen molar-refractivity contribution in [3.8, 4) is 0 Å². The first-order valence-corrected chi connectivity index (χ1v) is 7.08. The van der Waals surface area contributed by atoms with Gasteiger partial charge in [0.15, 0.2) is 0 Å². The number of hydrogen-bond acceptors (Lipinski definition) is 4. The Hall–Kier alpha value is -0.900. The van der Waals surface area contributed by atoms with Crippen LogP contribution in [-0.2, 0) is 14.3 Å². The molecule has 0 rings (SSSR count). The van der Waals surface area contributed by atoms with E-state index in [9.17, 15) is 9.59 Å². The van der Waals surface area contributed by atoms with E-state index in [-0.39, 0.29) is 6.54 Å². The normalized spacial score (nSPS) is 10.3. The predicted octanol–water partition coefficient (Wildman–Crippen LogP) is 2.81. The van der Waals surface area contributed by atoms with Gasteiger partial charge in [0.2, 0.25) is 0 Å². The van der Waals surface area contributed by atoms with Gasteiger partial charge >= 0.3 is 11.9 Å². The molecular weight excluding hydrogens is 230 g/mol. The van der Waals surface area contributed by atoms with E-state index >= 15 is 0 Å². The molecule has 4 heteroatoms. The molecule has 1 N–H and O–H groups in total. The SMILES string of the molecule is CCCCCCCCCCC(=O)OC(=O)CNC. The third-order valence-electron chi connectivity index (χ3n) is 2.78. The van der Waals surface area contributed by atoms with E-state index in [0.29, 0.717) is 6.42 Å². The second-order valence-corrected chi connectivity index (χ2v) is 4.60. The number of likely N-dealkylation sites (N-methyl/N-ethyl adjacent to an activating group) is 1.